The summed E-state index contributed by atoms with van der Waals surface area (Å²) in [5.41, 5.74) is 0.899. The average Bonchev–Trinajstić information content (AvgIpc) is 2.63. The van der Waals surface area contributed by atoms with E-state index < -0.39 is 12.7 Å². The standard InChI is InChI=1S/C20H33BN2O5/c1-20(2,3)28-19(24)13-23-17-8-6-16(7-9-17)22-12-14-11-15(21(25)26)5-10-18(14)27-4/h5,10-11,16-17,22-23,25-26H,6-9,12-13H2,1-4H3. The van der Waals surface area contributed by atoms with Crippen molar-refractivity contribution in [2.45, 2.75) is 70.7 Å². The maximum atomic E-state index is 11.8. The van der Waals surface area contributed by atoms with Crippen LogP contribution >= 0.6 is 0 Å². The van der Waals surface area contributed by atoms with E-state index in [1.807, 2.05) is 20.8 Å². The number of carbonyl (C=O) groups is 1. The molecule has 2 rings (SSSR count). The molecule has 0 spiro atoms. The zero-order valence-electron chi connectivity index (χ0n) is 17.3. The van der Waals surface area contributed by atoms with Crippen LogP contribution in [0.3, 0.4) is 0 Å². The lowest BCUT2D eigenvalue weighted by Gasteiger charge is -2.30. The van der Waals surface area contributed by atoms with Gasteiger partial charge in [0.2, 0.25) is 0 Å². The Morgan fingerprint density at radius 3 is 2.29 bits per heavy atom. The number of esters is 1. The second-order valence-corrected chi connectivity index (χ2v) is 8.34. The van der Waals surface area contributed by atoms with Crippen LogP contribution in [0.25, 0.3) is 0 Å². The molecule has 0 radical (unpaired) electrons. The fourth-order valence-corrected chi connectivity index (χ4v) is 3.46. The lowest BCUT2D eigenvalue weighted by molar-refractivity contribution is -0.153. The minimum atomic E-state index is -1.49. The second kappa shape index (κ2) is 10.3. The molecule has 1 fully saturated rings. The fraction of sp³-hybridized carbons (Fsp3) is 0.650. The highest BCUT2D eigenvalue weighted by Gasteiger charge is 2.23. The van der Waals surface area contributed by atoms with Crippen molar-refractivity contribution in [1.82, 2.24) is 10.6 Å². The average molecular weight is 392 g/mol. The molecule has 0 unspecified atom stereocenters. The van der Waals surface area contributed by atoms with Gasteiger partial charge in [0.15, 0.2) is 0 Å². The number of rotatable bonds is 8. The van der Waals surface area contributed by atoms with Crippen LogP contribution in [0.4, 0.5) is 0 Å². The molecule has 1 aromatic carbocycles. The molecule has 8 heteroatoms. The van der Waals surface area contributed by atoms with Gasteiger partial charge in [-0.1, -0.05) is 12.1 Å². The van der Waals surface area contributed by atoms with E-state index in [1.165, 1.54) is 0 Å². The first kappa shape index (κ1) is 22.7. The van der Waals surface area contributed by atoms with Crippen molar-refractivity contribution in [2.75, 3.05) is 13.7 Å². The number of nitrogens with one attached hydrogen (secondary N) is 2. The van der Waals surface area contributed by atoms with E-state index in [0.29, 0.717) is 24.1 Å². The predicted molar refractivity (Wildman–Crippen MR) is 110 cm³/mol. The third kappa shape index (κ3) is 7.43. The van der Waals surface area contributed by atoms with Crippen molar-refractivity contribution in [3.8, 4) is 5.75 Å². The van der Waals surface area contributed by atoms with Crippen LogP contribution in [0.15, 0.2) is 18.2 Å². The van der Waals surface area contributed by atoms with Crippen LogP contribution in [0, 0.1) is 0 Å². The molecule has 156 valence electrons. The van der Waals surface area contributed by atoms with E-state index >= 15 is 0 Å². The maximum absolute atomic E-state index is 11.8. The molecule has 1 saturated carbocycles. The molecule has 0 atom stereocenters. The molecule has 7 nitrogen and oxygen atoms in total. The molecule has 0 saturated heterocycles. The molecule has 4 N–H and O–H groups in total. The van der Waals surface area contributed by atoms with Crippen molar-refractivity contribution >= 4 is 18.6 Å². The van der Waals surface area contributed by atoms with E-state index in [1.54, 1.807) is 25.3 Å². The van der Waals surface area contributed by atoms with Gasteiger partial charge < -0.3 is 30.2 Å². The van der Waals surface area contributed by atoms with Gasteiger partial charge in [-0.15, -0.1) is 0 Å². The molecule has 0 bridgehead atoms. The Morgan fingerprint density at radius 1 is 1.14 bits per heavy atom. The zero-order chi connectivity index (χ0) is 20.7. The van der Waals surface area contributed by atoms with Crippen LogP contribution in [-0.4, -0.2) is 54.5 Å². The number of methoxy groups -OCH3 is 1. The Bertz CT molecular complexity index is 640. The lowest BCUT2D eigenvalue weighted by Crippen LogP contribution is -2.42. The van der Waals surface area contributed by atoms with Gasteiger partial charge in [0.1, 0.15) is 11.4 Å². The molecule has 0 heterocycles. The Kier molecular flexibility index (Phi) is 8.30. The normalized spacial score (nSPS) is 19.9. The van der Waals surface area contributed by atoms with E-state index in [9.17, 15) is 14.8 Å². The van der Waals surface area contributed by atoms with Crippen molar-refractivity contribution in [3.05, 3.63) is 23.8 Å². The van der Waals surface area contributed by atoms with Gasteiger partial charge in [0, 0.05) is 24.2 Å². The summed E-state index contributed by atoms with van der Waals surface area (Å²) in [6, 6.07) is 5.86. The first-order chi connectivity index (χ1) is 13.2. The second-order valence-electron chi connectivity index (χ2n) is 8.34. The van der Waals surface area contributed by atoms with Crippen LogP contribution < -0.4 is 20.8 Å². The lowest BCUT2D eigenvalue weighted by atomic mass is 9.79. The molecule has 0 aliphatic heterocycles. The molecule has 0 amide bonds. The summed E-state index contributed by atoms with van der Waals surface area (Å²) in [5.74, 6) is 0.510. The summed E-state index contributed by atoms with van der Waals surface area (Å²) in [5, 5.41) is 25.6. The van der Waals surface area contributed by atoms with Gasteiger partial charge in [-0.25, -0.2) is 0 Å². The van der Waals surface area contributed by atoms with Crippen molar-refractivity contribution in [2.24, 2.45) is 0 Å². The Morgan fingerprint density at radius 2 is 1.75 bits per heavy atom. The van der Waals surface area contributed by atoms with Crippen LogP contribution in [0.2, 0.25) is 0 Å². The SMILES string of the molecule is COc1ccc(B(O)O)cc1CNC1CCC(NCC(=O)OC(C)(C)C)CC1. The zero-order valence-corrected chi connectivity index (χ0v) is 17.3. The predicted octanol–water partition coefficient (Wildman–Crippen LogP) is 0.707. The van der Waals surface area contributed by atoms with Gasteiger partial charge in [-0.05, 0) is 58.0 Å². The smallest absolute Gasteiger partial charge is 0.488 e. The van der Waals surface area contributed by atoms with Crippen molar-refractivity contribution in [3.63, 3.8) is 0 Å². The Hall–Kier alpha value is -1.61. The van der Waals surface area contributed by atoms with Gasteiger partial charge in [-0.2, -0.15) is 0 Å². The van der Waals surface area contributed by atoms with Crippen LogP contribution in [-0.2, 0) is 16.1 Å². The summed E-state index contributed by atoms with van der Waals surface area (Å²) in [7, 11) is 0.117. The molecule has 1 aromatic rings. The highest BCUT2D eigenvalue weighted by atomic mass is 16.6. The summed E-state index contributed by atoms with van der Waals surface area (Å²) >= 11 is 0. The number of benzene rings is 1. The monoisotopic (exact) mass is 392 g/mol. The number of hydrogen-bond acceptors (Lipinski definition) is 7. The minimum Gasteiger partial charge on any atom is -0.496 e. The third-order valence-corrected chi connectivity index (χ3v) is 4.87. The van der Waals surface area contributed by atoms with Gasteiger partial charge in [-0.3, -0.25) is 4.79 Å². The van der Waals surface area contributed by atoms with E-state index in [0.717, 1.165) is 37.0 Å². The number of ether oxygens (including phenoxy) is 2. The first-order valence-corrected chi connectivity index (χ1v) is 9.89. The molecular weight excluding hydrogens is 359 g/mol. The summed E-state index contributed by atoms with van der Waals surface area (Å²) in [6.45, 7) is 6.45. The van der Waals surface area contributed by atoms with E-state index in [4.69, 9.17) is 9.47 Å². The number of hydrogen-bond donors (Lipinski definition) is 4. The topological polar surface area (TPSA) is 100 Å². The van der Waals surface area contributed by atoms with Crippen LogP contribution in [0.5, 0.6) is 5.75 Å². The summed E-state index contributed by atoms with van der Waals surface area (Å²) in [6.07, 6.45) is 4.01. The molecule has 1 aliphatic carbocycles. The summed E-state index contributed by atoms with van der Waals surface area (Å²) < 4.78 is 10.7. The Labute approximate surface area is 168 Å². The van der Waals surface area contributed by atoms with E-state index in [-0.39, 0.29) is 12.5 Å². The maximum Gasteiger partial charge on any atom is 0.488 e. The highest BCUT2D eigenvalue weighted by molar-refractivity contribution is 6.58. The third-order valence-electron chi connectivity index (χ3n) is 4.87. The van der Waals surface area contributed by atoms with Crippen molar-refractivity contribution < 1.29 is 24.3 Å². The molecule has 0 aromatic heterocycles. The Balaban J connectivity index is 1.76. The van der Waals surface area contributed by atoms with Gasteiger partial charge >= 0.3 is 13.1 Å². The quantitative estimate of drug-likeness (QED) is 0.382. The highest BCUT2D eigenvalue weighted by Crippen LogP contribution is 2.21. The minimum absolute atomic E-state index is 0.217. The molecular formula is C20H33BN2O5. The number of carbonyl (C=O) groups excluding carboxylic acids is 1. The van der Waals surface area contributed by atoms with Gasteiger partial charge in [0.25, 0.3) is 0 Å². The van der Waals surface area contributed by atoms with Crippen molar-refractivity contribution in [1.29, 1.82) is 0 Å². The first-order valence-electron chi connectivity index (χ1n) is 9.89. The van der Waals surface area contributed by atoms with Crippen LogP contribution in [0.1, 0.15) is 52.0 Å². The van der Waals surface area contributed by atoms with Gasteiger partial charge in [0.05, 0.1) is 13.7 Å². The summed E-state index contributed by atoms with van der Waals surface area (Å²) in [4.78, 5) is 11.8. The molecule has 1 aliphatic rings. The largest absolute Gasteiger partial charge is 0.496 e. The van der Waals surface area contributed by atoms with E-state index in [2.05, 4.69) is 10.6 Å². The molecule has 28 heavy (non-hydrogen) atoms. The fourth-order valence-electron chi connectivity index (χ4n) is 3.46.